The van der Waals surface area contributed by atoms with E-state index in [1.165, 1.54) is 6.20 Å². The summed E-state index contributed by atoms with van der Waals surface area (Å²) in [6, 6.07) is 11.9. The number of aromatic carboxylic acids is 1. The van der Waals surface area contributed by atoms with Gasteiger partial charge in [-0.3, -0.25) is 9.59 Å². The summed E-state index contributed by atoms with van der Waals surface area (Å²) in [4.78, 5) is 40.7. The first-order valence-electron chi connectivity index (χ1n) is 11.8. The highest BCUT2D eigenvalue weighted by Crippen LogP contribution is 2.38. The molecule has 1 saturated heterocycles. The molecule has 1 aliphatic heterocycles. The second-order valence-corrected chi connectivity index (χ2v) is 9.24. The average molecular weight is 479 g/mol. The smallest absolute Gasteiger partial charge is 0.341 e. The van der Waals surface area contributed by atoms with Crippen LogP contribution in [0.3, 0.4) is 0 Å². The number of hydrogen-bond acceptors (Lipinski definition) is 5. The lowest BCUT2D eigenvalue weighted by Crippen LogP contribution is -2.53. The maximum absolute atomic E-state index is 15.2. The molecule has 35 heavy (non-hydrogen) atoms. The molecular formula is C26H27FN4O4. The van der Waals surface area contributed by atoms with Gasteiger partial charge in [-0.2, -0.15) is 0 Å². The number of pyridine rings is 1. The normalized spacial score (nSPS) is 17.0. The van der Waals surface area contributed by atoms with E-state index in [0.717, 1.165) is 24.5 Å². The van der Waals surface area contributed by atoms with Gasteiger partial charge in [0.2, 0.25) is 11.3 Å². The Bertz CT molecular complexity index is 1340. The molecule has 0 unspecified atom stereocenters. The van der Waals surface area contributed by atoms with Crippen molar-refractivity contribution in [3.8, 4) is 0 Å². The van der Waals surface area contributed by atoms with Crippen molar-refractivity contribution in [2.45, 2.75) is 31.3 Å². The summed E-state index contributed by atoms with van der Waals surface area (Å²) in [6.45, 7) is 1.67. The number of rotatable bonds is 6. The van der Waals surface area contributed by atoms with Crippen LogP contribution in [-0.4, -0.2) is 58.7 Å². The van der Waals surface area contributed by atoms with Crippen molar-refractivity contribution in [3.05, 3.63) is 75.8 Å². The molecule has 8 nitrogen and oxygen atoms in total. The molecular weight excluding hydrogens is 451 g/mol. The van der Waals surface area contributed by atoms with Gasteiger partial charge in [0, 0.05) is 43.8 Å². The number of aromatic nitrogens is 1. The molecule has 1 aliphatic carbocycles. The van der Waals surface area contributed by atoms with Gasteiger partial charge in [-0.15, -0.1) is 0 Å². The largest absolute Gasteiger partial charge is 0.477 e. The SMILES string of the molecule is N[C@@H](Cc1ccccc1)C(=O)N1CCN(c2cc3c(cc2F)c(=O)c(C(=O)O)cn3C2CC2)CC1. The third-order valence-corrected chi connectivity index (χ3v) is 6.82. The highest BCUT2D eigenvalue weighted by atomic mass is 19.1. The van der Waals surface area contributed by atoms with E-state index in [9.17, 15) is 19.5 Å². The molecule has 3 aromatic rings. The van der Waals surface area contributed by atoms with Gasteiger partial charge in [0.1, 0.15) is 11.4 Å². The number of carboxylic acid groups (broad SMARTS) is 1. The molecule has 2 aromatic carbocycles. The Balaban J connectivity index is 1.35. The second-order valence-electron chi connectivity index (χ2n) is 9.24. The fraction of sp³-hybridized carbons (Fsp3) is 0.346. The van der Waals surface area contributed by atoms with E-state index in [0.29, 0.717) is 43.8 Å². The number of piperazine rings is 1. The van der Waals surface area contributed by atoms with E-state index >= 15 is 4.39 Å². The Labute approximate surface area is 201 Å². The van der Waals surface area contributed by atoms with Gasteiger partial charge in [-0.25, -0.2) is 9.18 Å². The van der Waals surface area contributed by atoms with Crippen molar-refractivity contribution in [2.75, 3.05) is 31.1 Å². The van der Waals surface area contributed by atoms with Crippen LogP contribution in [0, 0.1) is 5.82 Å². The van der Waals surface area contributed by atoms with Crippen LogP contribution in [0.4, 0.5) is 10.1 Å². The predicted octanol–water partition coefficient (Wildman–Crippen LogP) is 2.39. The molecule has 182 valence electrons. The van der Waals surface area contributed by atoms with Crippen molar-refractivity contribution in [2.24, 2.45) is 5.73 Å². The minimum absolute atomic E-state index is 0.0683. The van der Waals surface area contributed by atoms with Crippen LogP contribution >= 0.6 is 0 Å². The fourth-order valence-corrected chi connectivity index (χ4v) is 4.77. The zero-order valence-electron chi connectivity index (χ0n) is 19.2. The molecule has 1 atom stereocenters. The summed E-state index contributed by atoms with van der Waals surface area (Å²) in [5.41, 5.74) is 7.01. The number of benzene rings is 2. The van der Waals surface area contributed by atoms with Crippen LogP contribution in [0.1, 0.15) is 34.8 Å². The van der Waals surface area contributed by atoms with Crippen LogP contribution in [0.2, 0.25) is 0 Å². The van der Waals surface area contributed by atoms with E-state index < -0.39 is 23.3 Å². The Morgan fingerprint density at radius 3 is 2.40 bits per heavy atom. The molecule has 9 heteroatoms. The molecule has 1 amide bonds. The minimum atomic E-state index is -1.32. The third kappa shape index (κ3) is 4.51. The third-order valence-electron chi connectivity index (χ3n) is 6.82. The topological polar surface area (TPSA) is 109 Å². The summed E-state index contributed by atoms with van der Waals surface area (Å²) in [5.74, 6) is -2.03. The summed E-state index contributed by atoms with van der Waals surface area (Å²) < 4.78 is 16.9. The summed E-state index contributed by atoms with van der Waals surface area (Å²) >= 11 is 0. The number of anilines is 1. The number of halogens is 1. The predicted molar refractivity (Wildman–Crippen MR) is 130 cm³/mol. The highest BCUT2D eigenvalue weighted by molar-refractivity contribution is 5.93. The Hall–Kier alpha value is -3.72. The first-order valence-corrected chi connectivity index (χ1v) is 11.8. The molecule has 3 N–H and O–H groups in total. The van der Waals surface area contributed by atoms with Crippen molar-refractivity contribution in [1.82, 2.24) is 9.47 Å². The van der Waals surface area contributed by atoms with Crippen LogP contribution in [-0.2, 0) is 11.2 Å². The van der Waals surface area contributed by atoms with Gasteiger partial charge in [0.15, 0.2) is 0 Å². The van der Waals surface area contributed by atoms with Crippen molar-refractivity contribution in [1.29, 1.82) is 0 Å². The number of hydrogen-bond donors (Lipinski definition) is 2. The van der Waals surface area contributed by atoms with Crippen LogP contribution in [0.5, 0.6) is 0 Å². The van der Waals surface area contributed by atoms with Gasteiger partial charge < -0.3 is 25.2 Å². The number of nitrogens with two attached hydrogens (primary N) is 1. The van der Waals surface area contributed by atoms with E-state index in [1.807, 2.05) is 35.2 Å². The van der Waals surface area contributed by atoms with E-state index in [4.69, 9.17) is 5.73 Å². The van der Waals surface area contributed by atoms with Crippen LogP contribution in [0.15, 0.2) is 53.5 Å². The van der Waals surface area contributed by atoms with Gasteiger partial charge in [0.25, 0.3) is 0 Å². The van der Waals surface area contributed by atoms with E-state index in [2.05, 4.69) is 0 Å². The zero-order valence-corrected chi connectivity index (χ0v) is 19.2. The summed E-state index contributed by atoms with van der Waals surface area (Å²) in [6.07, 6.45) is 3.59. The van der Waals surface area contributed by atoms with E-state index in [-0.39, 0.29) is 22.9 Å². The van der Waals surface area contributed by atoms with Crippen LogP contribution < -0.4 is 16.1 Å². The van der Waals surface area contributed by atoms with Crippen molar-refractivity contribution in [3.63, 3.8) is 0 Å². The minimum Gasteiger partial charge on any atom is -0.477 e. The Kier molecular flexibility index (Phi) is 6.02. The molecule has 5 rings (SSSR count). The van der Waals surface area contributed by atoms with Crippen LogP contribution in [0.25, 0.3) is 10.9 Å². The standard InChI is InChI=1S/C26H27FN4O4/c27-20-13-18-22(31(17-6-7-17)15-19(24(18)32)26(34)35)14-23(20)29-8-10-30(11-9-29)25(33)21(28)12-16-4-2-1-3-5-16/h1-5,13-15,17,21H,6-12,28H2,(H,34,35)/t21-/m0/s1. The lowest BCUT2D eigenvalue weighted by molar-refractivity contribution is -0.132. The summed E-state index contributed by atoms with van der Waals surface area (Å²) in [7, 11) is 0. The van der Waals surface area contributed by atoms with Crippen molar-refractivity contribution < 1.29 is 19.1 Å². The lowest BCUT2D eigenvalue weighted by atomic mass is 10.1. The first kappa shape index (κ1) is 23.0. The fourth-order valence-electron chi connectivity index (χ4n) is 4.77. The van der Waals surface area contributed by atoms with E-state index in [1.54, 1.807) is 15.5 Å². The van der Waals surface area contributed by atoms with Gasteiger partial charge >= 0.3 is 5.97 Å². The van der Waals surface area contributed by atoms with Crippen molar-refractivity contribution >= 4 is 28.5 Å². The molecule has 2 fully saturated rings. The second kappa shape index (κ2) is 9.14. The molecule has 0 bridgehead atoms. The lowest BCUT2D eigenvalue weighted by Gasteiger charge is -2.37. The number of carbonyl (C=O) groups is 2. The molecule has 2 heterocycles. The monoisotopic (exact) mass is 478 g/mol. The average Bonchev–Trinajstić information content (AvgIpc) is 3.70. The number of carbonyl (C=O) groups excluding carboxylic acids is 1. The zero-order chi connectivity index (χ0) is 24.7. The summed E-state index contributed by atoms with van der Waals surface area (Å²) in [5, 5.41) is 9.48. The number of fused-ring (bicyclic) bond motifs is 1. The Morgan fingerprint density at radius 2 is 1.77 bits per heavy atom. The highest BCUT2D eigenvalue weighted by Gasteiger charge is 2.30. The van der Waals surface area contributed by atoms with Gasteiger partial charge in [-0.1, -0.05) is 30.3 Å². The Morgan fingerprint density at radius 1 is 1.09 bits per heavy atom. The number of carboxylic acids is 1. The number of nitrogens with zero attached hydrogens (tertiary/aromatic N) is 3. The molecule has 0 spiro atoms. The quantitative estimate of drug-likeness (QED) is 0.563. The molecule has 1 aromatic heterocycles. The maximum atomic E-state index is 15.2. The van der Waals surface area contributed by atoms with Gasteiger partial charge in [-0.05, 0) is 37.0 Å². The molecule has 1 saturated carbocycles. The maximum Gasteiger partial charge on any atom is 0.341 e. The number of amides is 1. The first-order chi connectivity index (χ1) is 16.8. The molecule has 0 radical (unpaired) electrons. The molecule has 2 aliphatic rings. The van der Waals surface area contributed by atoms with Gasteiger partial charge in [0.05, 0.1) is 17.2 Å².